The van der Waals surface area contributed by atoms with Crippen LogP contribution in [0.15, 0.2) is 24.3 Å². The molecule has 112 valence electrons. The van der Waals surface area contributed by atoms with E-state index in [2.05, 4.69) is 5.32 Å². The molecule has 0 atom stereocenters. The third-order valence-electron chi connectivity index (χ3n) is 2.76. The third kappa shape index (κ3) is 5.46. The van der Waals surface area contributed by atoms with Gasteiger partial charge in [-0.05, 0) is 24.3 Å². The second kappa shape index (κ2) is 9.17. The SMILES string of the molecule is COCCN(CCOC)C(=O)Nc1ccc(OC)cc1. The summed E-state index contributed by atoms with van der Waals surface area (Å²) in [4.78, 5) is 13.8. The lowest BCUT2D eigenvalue weighted by Crippen LogP contribution is -2.39. The minimum Gasteiger partial charge on any atom is -0.497 e. The molecule has 1 rings (SSSR count). The zero-order valence-electron chi connectivity index (χ0n) is 12.2. The van der Waals surface area contributed by atoms with Gasteiger partial charge >= 0.3 is 6.03 Å². The van der Waals surface area contributed by atoms with Crippen LogP contribution >= 0.6 is 0 Å². The summed E-state index contributed by atoms with van der Waals surface area (Å²) in [5.41, 5.74) is 0.718. The maximum absolute atomic E-state index is 12.2. The highest BCUT2D eigenvalue weighted by atomic mass is 16.5. The number of methoxy groups -OCH3 is 3. The molecule has 0 saturated heterocycles. The van der Waals surface area contributed by atoms with E-state index in [1.54, 1.807) is 50.5 Å². The maximum Gasteiger partial charge on any atom is 0.321 e. The second-order valence-corrected chi connectivity index (χ2v) is 4.13. The Labute approximate surface area is 119 Å². The van der Waals surface area contributed by atoms with Crippen LogP contribution in [-0.4, -0.2) is 58.6 Å². The van der Waals surface area contributed by atoms with Gasteiger partial charge in [0.05, 0.1) is 20.3 Å². The van der Waals surface area contributed by atoms with E-state index in [0.717, 1.165) is 11.4 Å². The highest BCUT2D eigenvalue weighted by Crippen LogP contribution is 2.15. The van der Waals surface area contributed by atoms with Crippen molar-refractivity contribution in [2.75, 3.05) is 52.9 Å². The van der Waals surface area contributed by atoms with Crippen molar-refractivity contribution >= 4 is 11.7 Å². The predicted octanol–water partition coefficient (Wildman–Crippen LogP) is 1.82. The Morgan fingerprint density at radius 2 is 1.60 bits per heavy atom. The Kier molecular flexibility index (Phi) is 7.46. The first-order chi connectivity index (χ1) is 9.71. The van der Waals surface area contributed by atoms with E-state index in [4.69, 9.17) is 14.2 Å². The van der Waals surface area contributed by atoms with Crippen molar-refractivity contribution in [2.45, 2.75) is 0 Å². The molecule has 20 heavy (non-hydrogen) atoms. The normalized spacial score (nSPS) is 10.2. The predicted molar refractivity (Wildman–Crippen MR) is 77.3 cm³/mol. The molecule has 0 radical (unpaired) electrons. The molecular weight excluding hydrogens is 260 g/mol. The average molecular weight is 282 g/mol. The van der Waals surface area contributed by atoms with Gasteiger partial charge < -0.3 is 24.4 Å². The number of benzene rings is 1. The van der Waals surface area contributed by atoms with E-state index in [-0.39, 0.29) is 6.03 Å². The Morgan fingerprint density at radius 3 is 2.05 bits per heavy atom. The molecule has 0 aliphatic heterocycles. The van der Waals surface area contributed by atoms with Crippen molar-refractivity contribution < 1.29 is 19.0 Å². The Bertz CT molecular complexity index is 387. The molecule has 0 unspecified atom stereocenters. The van der Waals surface area contributed by atoms with E-state index in [1.807, 2.05) is 0 Å². The molecule has 0 aromatic heterocycles. The van der Waals surface area contributed by atoms with Crippen LogP contribution < -0.4 is 10.1 Å². The fourth-order valence-electron chi connectivity index (χ4n) is 1.59. The van der Waals surface area contributed by atoms with Gasteiger partial charge in [0.25, 0.3) is 0 Å². The molecule has 0 bridgehead atoms. The number of nitrogens with one attached hydrogen (secondary N) is 1. The van der Waals surface area contributed by atoms with Crippen LogP contribution in [0.4, 0.5) is 10.5 Å². The number of carbonyl (C=O) groups is 1. The van der Waals surface area contributed by atoms with Crippen molar-refractivity contribution in [1.29, 1.82) is 0 Å². The van der Waals surface area contributed by atoms with E-state index in [9.17, 15) is 4.79 Å². The maximum atomic E-state index is 12.2. The van der Waals surface area contributed by atoms with E-state index >= 15 is 0 Å². The minimum absolute atomic E-state index is 0.177. The average Bonchev–Trinajstić information content (AvgIpc) is 2.48. The molecule has 0 heterocycles. The number of hydrogen-bond acceptors (Lipinski definition) is 4. The molecule has 1 N–H and O–H groups in total. The topological polar surface area (TPSA) is 60.0 Å². The Hall–Kier alpha value is -1.79. The van der Waals surface area contributed by atoms with Gasteiger partial charge in [-0.25, -0.2) is 4.79 Å². The molecule has 1 aromatic carbocycles. The van der Waals surface area contributed by atoms with Gasteiger partial charge in [-0.2, -0.15) is 0 Å². The number of rotatable bonds is 8. The lowest BCUT2D eigenvalue weighted by Gasteiger charge is -2.22. The van der Waals surface area contributed by atoms with Crippen molar-refractivity contribution in [3.63, 3.8) is 0 Å². The fourth-order valence-corrected chi connectivity index (χ4v) is 1.59. The number of ether oxygens (including phenoxy) is 3. The molecule has 0 spiro atoms. The molecule has 0 aliphatic carbocycles. The number of anilines is 1. The van der Waals surface area contributed by atoms with Gasteiger partial charge in [0.2, 0.25) is 0 Å². The quantitative estimate of drug-likeness (QED) is 0.790. The molecule has 2 amide bonds. The van der Waals surface area contributed by atoms with Crippen molar-refractivity contribution in [3.05, 3.63) is 24.3 Å². The number of hydrogen-bond donors (Lipinski definition) is 1. The summed E-state index contributed by atoms with van der Waals surface area (Å²) in [6, 6.07) is 7.00. The number of urea groups is 1. The standard InChI is InChI=1S/C14H22N2O4/c1-18-10-8-16(9-11-19-2)14(17)15-12-4-6-13(20-3)7-5-12/h4-7H,8-11H2,1-3H3,(H,15,17). The van der Waals surface area contributed by atoms with E-state index in [1.165, 1.54) is 0 Å². The van der Waals surface area contributed by atoms with E-state index < -0.39 is 0 Å². The molecule has 6 heteroatoms. The van der Waals surface area contributed by atoms with Gasteiger partial charge in [0.15, 0.2) is 0 Å². The van der Waals surface area contributed by atoms with Crippen LogP contribution in [0.2, 0.25) is 0 Å². The largest absolute Gasteiger partial charge is 0.497 e. The summed E-state index contributed by atoms with van der Waals surface area (Å²) in [7, 11) is 4.82. The first-order valence-electron chi connectivity index (χ1n) is 6.39. The number of nitrogens with zero attached hydrogens (tertiary/aromatic N) is 1. The smallest absolute Gasteiger partial charge is 0.321 e. The van der Waals surface area contributed by atoms with Gasteiger partial charge in [0, 0.05) is 33.0 Å². The van der Waals surface area contributed by atoms with Crippen LogP contribution in [0.1, 0.15) is 0 Å². The molecule has 0 saturated carbocycles. The monoisotopic (exact) mass is 282 g/mol. The molecule has 0 fully saturated rings. The molecule has 1 aromatic rings. The fraction of sp³-hybridized carbons (Fsp3) is 0.500. The van der Waals surface area contributed by atoms with Crippen LogP contribution in [0.5, 0.6) is 5.75 Å². The number of carbonyl (C=O) groups excluding carboxylic acids is 1. The molecule has 0 aliphatic rings. The minimum atomic E-state index is -0.177. The third-order valence-corrected chi connectivity index (χ3v) is 2.76. The van der Waals surface area contributed by atoms with Gasteiger partial charge in [-0.1, -0.05) is 0 Å². The highest BCUT2D eigenvalue weighted by Gasteiger charge is 2.13. The lowest BCUT2D eigenvalue weighted by molar-refractivity contribution is 0.127. The summed E-state index contributed by atoms with van der Waals surface area (Å²) in [5.74, 6) is 0.749. The molecule has 6 nitrogen and oxygen atoms in total. The summed E-state index contributed by atoms with van der Waals surface area (Å²) in [6.45, 7) is 2.00. The highest BCUT2D eigenvalue weighted by molar-refractivity contribution is 5.89. The summed E-state index contributed by atoms with van der Waals surface area (Å²) in [6.07, 6.45) is 0. The van der Waals surface area contributed by atoms with Crippen LogP contribution in [0, 0.1) is 0 Å². The first-order valence-corrected chi connectivity index (χ1v) is 6.39. The van der Waals surface area contributed by atoms with Crippen LogP contribution in [0.25, 0.3) is 0 Å². The van der Waals surface area contributed by atoms with Gasteiger partial charge in [-0.15, -0.1) is 0 Å². The number of amides is 2. The van der Waals surface area contributed by atoms with Crippen LogP contribution in [-0.2, 0) is 9.47 Å². The van der Waals surface area contributed by atoms with E-state index in [0.29, 0.717) is 26.3 Å². The first kappa shape index (κ1) is 16.3. The Morgan fingerprint density at radius 1 is 1.05 bits per heavy atom. The van der Waals surface area contributed by atoms with Gasteiger partial charge in [-0.3, -0.25) is 0 Å². The second-order valence-electron chi connectivity index (χ2n) is 4.13. The zero-order valence-corrected chi connectivity index (χ0v) is 12.2. The van der Waals surface area contributed by atoms with Crippen molar-refractivity contribution in [1.82, 2.24) is 4.90 Å². The van der Waals surface area contributed by atoms with Crippen LogP contribution in [0.3, 0.4) is 0 Å². The molecular formula is C14H22N2O4. The van der Waals surface area contributed by atoms with Gasteiger partial charge in [0.1, 0.15) is 5.75 Å². The van der Waals surface area contributed by atoms with Crippen molar-refractivity contribution in [3.8, 4) is 5.75 Å². The Balaban J connectivity index is 2.58. The zero-order chi connectivity index (χ0) is 14.8. The summed E-state index contributed by atoms with van der Waals surface area (Å²) < 4.78 is 15.1. The summed E-state index contributed by atoms with van der Waals surface area (Å²) >= 11 is 0. The van der Waals surface area contributed by atoms with Crippen molar-refractivity contribution in [2.24, 2.45) is 0 Å². The summed E-state index contributed by atoms with van der Waals surface area (Å²) in [5, 5.41) is 2.83. The lowest BCUT2D eigenvalue weighted by atomic mass is 10.3.